The minimum atomic E-state index is -0.227. The number of ether oxygens (including phenoxy) is 2. The third-order valence-electron chi connectivity index (χ3n) is 3.66. The topological polar surface area (TPSA) is 77.8 Å². The Morgan fingerprint density at radius 2 is 2.13 bits per heavy atom. The number of hydrogen-bond acceptors (Lipinski definition) is 5. The van der Waals surface area contributed by atoms with Gasteiger partial charge in [-0.3, -0.25) is 4.79 Å². The minimum absolute atomic E-state index is 0.227. The molecule has 116 valence electrons. The standard InChI is InChI=1S/C16H14N4O3/c1-10-6-12(19-15-4-5-18-20(10)15)16(21)17-8-11-2-3-13-14(7-11)23-9-22-13/h2-7H,8-9H2,1H3,(H,17,21). The summed E-state index contributed by atoms with van der Waals surface area (Å²) in [7, 11) is 0. The monoisotopic (exact) mass is 310 g/mol. The van der Waals surface area contributed by atoms with Gasteiger partial charge in [0.1, 0.15) is 5.69 Å². The molecule has 4 rings (SSSR count). The van der Waals surface area contributed by atoms with Gasteiger partial charge in [0, 0.05) is 18.3 Å². The van der Waals surface area contributed by atoms with Crippen LogP contribution in [0.25, 0.3) is 5.65 Å². The quantitative estimate of drug-likeness (QED) is 0.796. The molecule has 0 spiro atoms. The fourth-order valence-corrected chi connectivity index (χ4v) is 2.51. The summed E-state index contributed by atoms with van der Waals surface area (Å²) in [5.74, 6) is 1.20. The summed E-state index contributed by atoms with van der Waals surface area (Å²) in [5.41, 5.74) is 2.81. The van der Waals surface area contributed by atoms with Crippen molar-refractivity contribution in [2.75, 3.05) is 6.79 Å². The van der Waals surface area contributed by atoms with E-state index < -0.39 is 0 Å². The molecule has 1 aliphatic rings. The van der Waals surface area contributed by atoms with Gasteiger partial charge >= 0.3 is 0 Å². The molecule has 0 atom stereocenters. The van der Waals surface area contributed by atoms with Gasteiger partial charge in [-0.05, 0) is 30.7 Å². The fourth-order valence-electron chi connectivity index (χ4n) is 2.51. The maximum absolute atomic E-state index is 12.3. The van der Waals surface area contributed by atoms with Crippen molar-refractivity contribution in [3.8, 4) is 11.5 Å². The smallest absolute Gasteiger partial charge is 0.270 e. The van der Waals surface area contributed by atoms with Gasteiger partial charge in [-0.25, -0.2) is 9.50 Å². The summed E-state index contributed by atoms with van der Waals surface area (Å²) in [6.07, 6.45) is 1.66. The van der Waals surface area contributed by atoms with E-state index in [-0.39, 0.29) is 12.7 Å². The lowest BCUT2D eigenvalue weighted by Crippen LogP contribution is -2.24. The number of aromatic nitrogens is 3. The highest BCUT2D eigenvalue weighted by Crippen LogP contribution is 2.32. The molecular weight excluding hydrogens is 296 g/mol. The van der Waals surface area contributed by atoms with Crippen molar-refractivity contribution in [2.24, 2.45) is 0 Å². The second kappa shape index (κ2) is 5.28. The van der Waals surface area contributed by atoms with Gasteiger partial charge in [0.25, 0.3) is 5.91 Å². The molecule has 1 aliphatic heterocycles. The fraction of sp³-hybridized carbons (Fsp3) is 0.188. The van der Waals surface area contributed by atoms with Gasteiger partial charge in [-0.15, -0.1) is 0 Å². The van der Waals surface area contributed by atoms with Gasteiger partial charge < -0.3 is 14.8 Å². The van der Waals surface area contributed by atoms with Crippen molar-refractivity contribution in [3.63, 3.8) is 0 Å². The lowest BCUT2D eigenvalue weighted by atomic mass is 10.2. The van der Waals surface area contributed by atoms with E-state index in [1.807, 2.05) is 25.1 Å². The van der Waals surface area contributed by atoms with Gasteiger partial charge in [-0.1, -0.05) is 6.07 Å². The number of carbonyl (C=O) groups is 1. The zero-order valence-corrected chi connectivity index (χ0v) is 12.4. The highest BCUT2D eigenvalue weighted by Gasteiger charge is 2.14. The Morgan fingerprint density at radius 3 is 3.04 bits per heavy atom. The second-order valence-electron chi connectivity index (χ2n) is 5.25. The van der Waals surface area contributed by atoms with Crippen molar-refractivity contribution < 1.29 is 14.3 Å². The molecule has 0 saturated heterocycles. The predicted molar refractivity (Wildman–Crippen MR) is 81.5 cm³/mol. The van der Waals surface area contributed by atoms with E-state index in [0.29, 0.717) is 23.6 Å². The zero-order valence-electron chi connectivity index (χ0n) is 12.4. The van der Waals surface area contributed by atoms with Crippen LogP contribution in [0, 0.1) is 6.92 Å². The molecule has 1 amide bonds. The van der Waals surface area contributed by atoms with Crippen LogP contribution in [-0.4, -0.2) is 27.3 Å². The average Bonchev–Trinajstić information content (AvgIpc) is 3.20. The molecular formula is C16H14N4O3. The van der Waals surface area contributed by atoms with Crippen LogP contribution in [0.4, 0.5) is 0 Å². The summed E-state index contributed by atoms with van der Waals surface area (Å²) < 4.78 is 12.3. The van der Waals surface area contributed by atoms with Crippen molar-refractivity contribution >= 4 is 11.6 Å². The first kappa shape index (κ1) is 13.6. The van der Waals surface area contributed by atoms with E-state index >= 15 is 0 Å². The van der Waals surface area contributed by atoms with Crippen LogP contribution in [0.2, 0.25) is 0 Å². The molecule has 23 heavy (non-hydrogen) atoms. The first-order chi connectivity index (χ1) is 11.2. The first-order valence-electron chi connectivity index (χ1n) is 7.19. The third-order valence-corrected chi connectivity index (χ3v) is 3.66. The highest BCUT2D eigenvalue weighted by atomic mass is 16.7. The normalized spacial score (nSPS) is 12.6. The Hall–Kier alpha value is -3.09. The molecule has 7 heteroatoms. The van der Waals surface area contributed by atoms with Crippen molar-refractivity contribution in [1.29, 1.82) is 0 Å². The molecule has 3 heterocycles. The van der Waals surface area contributed by atoms with Crippen LogP contribution >= 0.6 is 0 Å². The van der Waals surface area contributed by atoms with Gasteiger partial charge in [0.15, 0.2) is 17.1 Å². The second-order valence-corrected chi connectivity index (χ2v) is 5.25. The van der Waals surface area contributed by atoms with Crippen LogP contribution < -0.4 is 14.8 Å². The number of hydrogen-bond donors (Lipinski definition) is 1. The summed E-state index contributed by atoms with van der Waals surface area (Å²) in [6, 6.07) is 9.08. The number of aryl methyl sites for hydroxylation is 1. The van der Waals surface area contributed by atoms with Crippen LogP contribution in [-0.2, 0) is 6.54 Å². The van der Waals surface area contributed by atoms with Crippen molar-refractivity contribution in [2.45, 2.75) is 13.5 Å². The first-order valence-corrected chi connectivity index (χ1v) is 7.19. The minimum Gasteiger partial charge on any atom is -0.454 e. The van der Waals surface area contributed by atoms with Crippen LogP contribution in [0.15, 0.2) is 36.5 Å². The molecule has 1 aromatic carbocycles. The number of nitrogens with one attached hydrogen (secondary N) is 1. The van der Waals surface area contributed by atoms with E-state index in [2.05, 4.69) is 15.4 Å². The largest absolute Gasteiger partial charge is 0.454 e. The SMILES string of the molecule is Cc1cc(C(=O)NCc2ccc3c(c2)OCO3)nc2ccnn12. The molecule has 3 aromatic rings. The highest BCUT2D eigenvalue weighted by molar-refractivity contribution is 5.92. The lowest BCUT2D eigenvalue weighted by Gasteiger charge is -2.07. The number of carbonyl (C=O) groups excluding carboxylic acids is 1. The number of benzene rings is 1. The van der Waals surface area contributed by atoms with Gasteiger partial charge in [-0.2, -0.15) is 5.10 Å². The van der Waals surface area contributed by atoms with Crippen molar-refractivity contribution in [1.82, 2.24) is 19.9 Å². The Bertz CT molecular complexity index is 903. The van der Waals surface area contributed by atoms with E-state index in [0.717, 1.165) is 17.0 Å². The van der Waals surface area contributed by atoms with E-state index in [4.69, 9.17) is 9.47 Å². The number of rotatable bonds is 3. The number of fused-ring (bicyclic) bond motifs is 2. The van der Waals surface area contributed by atoms with Crippen LogP contribution in [0.3, 0.4) is 0 Å². The molecule has 0 bridgehead atoms. The number of nitrogens with zero attached hydrogens (tertiary/aromatic N) is 3. The Kier molecular flexibility index (Phi) is 3.11. The van der Waals surface area contributed by atoms with Crippen LogP contribution in [0.1, 0.15) is 21.7 Å². The van der Waals surface area contributed by atoms with E-state index in [9.17, 15) is 4.79 Å². The predicted octanol–water partition coefficient (Wildman–Crippen LogP) is 1.70. The molecule has 2 aromatic heterocycles. The Morgan fingerprint density at radius 1 is 1.26 bits per heavy atom. The lowest BCUT2D eigenvalue weighted by molar-refractivity contribution is 0.0946. The summed E-state index contributed by atoms with van der Waals surface area (Å²) >= 11 is 0. The van der Waals surface area contributed by atoms with E-state index in [1.165, 1.54) is 0 Å². The van der Waals surface area contributed by atoms with Crippen molar-refractivity contribution in [3.05, 3.63) is 53.5 Å². The molecule has 0 radical (unpaired) electrons. The summed E-state index contributed by atoms with van der Waals surface area (Å²) in [5, 5.41) is 7.01. The molecule has 0 aliphatic carbocycles. The maximum atomic E-state index is 12.3. The molecule has 0 unspecified atom stereocenters. The number of amides is 1. The molecule has 7 nitrogen and oxygen atoms in total. The molecule has 0 saturated carbocycles. The Balaban J connectivity index is 1.50. The van der Waals surface area contributed by atoms with Gasteiger partial charge in [0.2, 0.25) is 6.79 Å². The zero-order chi connectivity index (χ0) is 15.8. The van der Waals surface area contributed by atoms with Gasteiger partial charge in [0.05, 0.1) is 6.20 Å². The summed E-state index contributed by atoms with van der Waals surface area (Å²) in [4.78, 5) is 16.6. The molecule has 1 N–H and O–H groups in total. The third kappa shape index (κ3) is 2.46. The van der Waals surface area contributed by atoms with Crippen LogP contribution in [0.5, 0.6) is 11.5 Å². The average molecular weight is 310 g/mol. The van der Waals surface area contributed by atoms with E-state index in [1.54, 1.807) is 22.8 Å². The maximum Gasteiger partial charge on any atom is 0.270 e. The molecule has 0 fully saturated rings. The Labute approximate surface area is 131 Å². The summed E-state index contributed by atoms with van der Waals surface area (Å²) in [6.45, 7) is 2.51.